The third-order valence-electron chi connectivity index (χ3n) is 3.49. The van der Waals surface area contributed by atoms with E-state index in [0.717, 1.165) is 4.88 Å². The molecule has 126 valence electrons. The normalized spacial score (nSPS) is 11.5. The Morgan fingerprint density at radius 1 is 1.38 bits per heavy atom. The Hall–Kier alpha value is -2.60. The minimum atomic E-state index is -0.497. The molecule has 0 spiro atoms. The lowest BCUT2D eigenvalue weighted by molar-refractivity contribution is -0.131. The average Bonchev–Trinajstić information content (AvgIpc) is 3.07. The summed E-state index contributed by atoms with van der Waals surface area (Å²) in [4.78, 5) is 26.8. The lowest BCUT2D eigenvalue weighted by Gasteiger charge is -2.25. The van der Waals surface area contributed by atoms with E-state index in [0.29, 0.717) is 24.3 Å². The van der Waals surface area contributed by atoms with Crippen molar-refractivity contribution >= 4 is 28.8 Å². The molecule has 6 heteroatoms. The molecule has 0 saturated heterocycles. The van der Waals surface area contributed by atoms with E-state index in [1.807, 2.05) is 17.5 Å². The summed E-state index contributed by atoms with van der Waals surface area (Å²) in [5.74, 6) is -0.531. The number of carbonyl (C=O) groups is 2. The highest BCUT2D eigenvalue weighted by molar-refractivity contribution is 7.09. The molecule has 0 aliphatic carbocycles. The molecular formula is C18H21N3O2S. The molecule has 0 aliphatic heterocycles. The maximum Gasteiger partial charge on any atom is 0.248 e. The van der Waals surface area contributed by atoms with Gasteiger partial charge in [0.25, 0.3) is 0 Å². The van der Waals surface area contributed by atoms with Crippen LogP contribution in [-0.4, -0.2) is 29.3 Å². The van der Waals surface area contributed by atoms with Crippen LogP contribution in [0.5, 0.6) is 0 Å². The number of nitrogens with two attached hydrogens (primary N) is 1. The van der Waals surface area contributed by atoms with Gasteiger partial charge >= 0.3 is 0 Å². The van der Waals surface area contributed by atoms with E-state index in [2.05, 4.69) is 11.9 Å². The minimum absolute atomic E-state index is 0.0345. The number of rotatable bonds is 8. The number of hydrogen-bond donors (Lipinski definition) is 2. The highest BCUT2D eigenvalue weighted by Gasteiger charge is 2.20. The van der Waals surface area contributed by atoms with Crippen molar-refractivity contribution in [2.45, 2.75) is 19.5 Å². The topological polar surface area (TPSA) is 75.4 Å². The molecule has 0 aliphatic rings. The van der Waals surface area contributed by atoms with Crippen molar-refractivity contribution in [3.05, 3.63) is 64.9 Å². The number of hydrogen-bond acceptors (Lipinski definition) is 4. The van der Waals surface area contributed by atoms with E-state index in [1.165, 1.54) is 0 Å². The Morgan fingerprint density at radius 2 is 2.17 bits per heavy atom. The van der Waals surface area contributed by atoms with Gasteiger partial charge in [0.05, 0.1) is 6.54 Å². The molecule has 0 saturated carbocycles. The van der Waals surface area contributed by atoms with Crippen LogP contribution >= 0.6 is 11.3 Å². The van der Waals surface area contributed by atoms with Crippen LogP contribution in [-0.2, 0) is 11.3 Å². The number of carbonyl (C=O) groups excluding carboxylic acids is 2. The van der Waals surface area contributed by atoms with Crippen molar-refractivity contribution in [2.75, 3.05) is 11.9 Å². The lowest BCUT2D eigenvalue weighted by Crippen LogP contribution is -2.41. The monoisotopic (exact) mass is 343 g/mol. The molecule has 3 N–H and O–H groups in total. The second-order valence-electron chi connectivity index (χ2n) is 5.40. The molecule has 0 bridgehead atoms. The predicted molar refractivity (Wildman–Crippen MR) is 98.0 cm³/mol. The SMILES string of the molecule is C=CCN(Cc1cccs1)C(=O)C(C)Nc1cccc(C(N)=O)c1. The van der Waals surface area contributed by atoms with Crippen LogP contribution in [0.4, 0.5) is 5.69 Å². The number of amides is 2. The second-order valence-corrected chi connectivity index (χ2v) is 6.43. The summed E-state index contributed by atoms with van der Waals surface area (Å²) >= 11 is 1.62. The fourth-order valence-electron chi connectivity index (χ4n) is 2.33. The van der Waals surface area contributed by atoms with Gasteiger partial charge in [-0.15, -0.1) is 17.9 Å². The third kappa shape index (κ3) is 4.70. The number of nitrogens with one attached hydrogen (secondary N) is 1. The third-order valence-corrected chi connectivity index (χ3v) is 4.35. The van der Waals surface area contributed by atoms with E-state index < -0.39 is 11.9 Å². The summed E-state index contributed by atoms with van der Waals surface area (Å²) < 4.78 is 0. The molecule has 1 aromatic heterocycles. The number of benzene rings is 1. The van der Waals surface area contributed by atoms with E-state index >= 15 is 0 Å². The van der Waals surface area contributed by atoms with E-state index in [9.17, 15) is 9.59 Å². The molecule has 2 aromatic rings. The Kier molecular flexibility index (Phi) is 6.14. The van der Waals surface area contributed by atoms with Gasteiger partial charge in [-0.25, -0.2) is 0 Å². The van der Waals surface area contributed by atoms with Crippen LogP contribution in [0.1, 0.15) is 22.2 Å². The predicted octanol–water partition coefficient (Wildman–Crippen LogP) is 2.86. The highest BCUT2D eigenvalue weighted by Crippen LogP contribution is 2.15. The van der Waals surface area contributed by atoms with Crippen LogP contribution in [0.15, 0.2) is 54.4 Å². The number of thiophene rings is 1. The van der Waals surface area contributed by atoms with Crippen LogP contribution in [0.25, 0.3) is 0 Å². The fraction of sp³-hybridized carbons (Fsp3) is 0.222. The van der Waals surface area contributed by atoms with Gasteiger partial charge in [-0.1, -0.05) is 18.2 Å². The van der Waals surface area contributed by atoms with Crippen LogP contribution in [0, 0.1) is 0 Å². The number of nitrogens with zero attached hydrogens (tertiary/aromatic N) is 1. The maximum absolute atomic E-state index is 12.7. The smallest absolute Gasteiger partial charge is 0.248 e. The summed E-state index contributed by atoms with van der Waals surface area (Å²) in [6, 6.07) is 10.3. The lowest BCUT2D eigenvalue weighted by atomic mass is 10.1. The molecule has 1 atom stereocenters. The zero-order valence-corrected chi connectivity index (χ0v) is 14.4. The van der Waals surface area contributed by atoms with E-state index in [4.69, 9.17) is 5.73 Å². The molecular weight excluding hydrogens is 322 g/mol. The van der Waals surface area contributed by atoms with Gasteiger partial charge in [-0.2, -0.15) is 0 Å². The molecule has 1 aromatic carbocycles. The van der Waals surface area contributed by atoms with E-state index in [1.54, 1.807) is 53.5 Å². The molecule has 2 rings (SSSR count). The standard InChI is InChI=1S/C18H21N3O2S/c1-3-9-21(12-16-8-5-10-24-16)18(23)13(2)20-15-7-4-6-14(11-15)17(19)22/h3-8,10-11,13,20H,1,9,12H2,2H3,(H2,19,22). The zero-order valence-electron chi connectivity index (χ0n) is 13.6. The molecule has 0 radical (unpaired) electrons. The van der Waals surface area contributed by atoms with Gasteiger partial charge in [0.2, 0.25) is 11.8 Å². The van der Waals surface area contributed by atoms with Crippen molar-refractivity contribution < 1.29 is 9.59 Å². The molecule has 2 amide bonds. The number of primary amides is 1. The Bertz CT molecular complexity index is 713. The van der Waals surface area contributed by atoms with E-state index in [-0.39, 0.29) is 5.91 Å². The quantitative estimate of drug-likeness (QED) is 0.724. The highest BCUT2D eigenvalue weighted by atomic mass is 32.1. The molecule has 1 unspecified atom stereocenters. The summed E-state index contributed by atoms with van der Waals surface area (Å²) in [5.41, 5.74) is 6.37. The maximum atomic E-state index is 12.7. The van der Waals surface area contributed by atoms with Crippen LogP contribution in [0.2, 0.25) is 0 Å². The second kappa shape index (κ2) is 8.31. The summed E-state index contributed by atoms with van der Waals surface area (Å²) in [6.07, 6.45) is 1.71. The zero-order chi connectivity index (χ0) is 17.5. The Morgan fingerprint density at radius 3 is 2.79 bits per heavy atom. The van der Waals surface area contributed by atoms with Crippen molar-refractivity contribution in [1.82, 2.24) is 4.90 Å². The van der Waals surface area contributed by atoms with Crippen LogP contribution in [0.3, 0.4) is 0 Å². The first-order valence-corrected chi connectivity index (χ1v) is 8.47. The molecule has 0 fully saturated rings. The van der Waals surface area contributed by atoms with Gasteiger partial charge < -0.3 is 16.0 Å². The molecule has 5 nitrogen and oxygen atoms in total. The average molecular weight is 343 g/mol. The summed E-state index contributed by atoms with van der Waals surface area (Å²) in [5, 5.41) is 5.11. The largest absolute Gasteiger partial charge is 0.374 e. The van der Waals surface area contributed by atoms with Gasteiger partial charge in [0.15, 0.2) is 0 Å². The first-order chi connectivity index (χ1) is 11.5. The minimum Gasteiger partial charge on any atom is -0.374 e. The summed E-state index contributed by atoms with van der Waals surface area (Å²) in [7, 11) is 0. The fourth-order valence-corrected chi connectivity index (χ4v) is 3.05. The number of anilines is 1. The Balaban J connectivity index is 2.07. The first-order valence-electron chi connectivity index (χ1n) is 7.59. The van der Waals surface area contributed by atoms with Gasteiger partial charge in [0.1, 0.15) is 6.04 Å². The Labute approximate surface area is 145 Å². The van der Waals surface area contributed by atoms with Crippen molar-refractivity contribution in [2.24, 2.45) is 5.73 Å². The summed E-state index contributed by atoms with van der Waals surface area (Å²) in [6.45, 7) is 6.55. The van der Waals surface area contributed by atoms with Crippen molar-refractivity contribution in [3.63, 3.8) is 0 Å². The van der Waals surface area contributed by atoms with Crippen LogP contribution < -0.4 is 11.1 Å². The van der Waals surface area contributed by atoms with Gasteiger partial charge in [0, 0.05) is 22.7 Å². The molecule has 24 heavy (non-hydrogen) atoms. The van der Waals surface area contributed by atoms with Crippen molar-refractivity contribution in [3.8, 4) is 0 Å². The van der Waals surface area contributed by atoms with Gasteiger partial charge in [-0.3, -0.25) is 9.59 Å². The molecule has 1 heterocycles. The van der Waals surface area contributed by atoms with Crippen molar-refractivity contribution in [1.29, 1.82) is 0 Å². The first kappa shape index (κ1) is 17.7. The van der Waals surface area contributed by atoms with Gasteiger partial charge in [-0.05, 0) is 36.6 Å².